The van der Waals surface area contributed by atoms with E-state index in [-0.39, 0.29) is 10.9 Å². The van der Waals surface area contributed by atoms with E-state index >= 15 is 0 Å². The van der Waals surface area contributed by atoms with Crippen molar-refractivity contribution in [1.82, 2.24) is 9.55 Å². The van der Waals surface area contributed by atoms with Gasteiger partial charge >= 0.3 is 0 Å². The molecule has 0 aliphatic heterocycles. The number of ether oxygens (including phenoxy) is 2. The Morgan fingerprint density at radius 2 is 1.86 bits per heavy atom. The van der Waals surface area contributed by atoms with Crippen LogP contribution >= 0.6 is 11.6 Å². The summed E-state index contributed by atoms with van der Waals surface area (Å²) in [6.07, 6.45) is 3.56. The molecule has 0 bridgehead atoms. The van der Waals surface area contributed by atoms with Crippen LogP contribution in [0.25, 0.3) is 11.0 Å². The van der Waals surface area contributed by atoms with Crippen molar-refractivity contribution in [3.63, 3.8) is 0 Å². The van der Waals surface area contributed by atoms with Crippen LogP contribution in [-0.2, 0) is 5.54 Å². The van der Waals surface area contributed by atoms with Gasteiger partial charge in [-0.1, -0.05) is 0 Å². The van der Waals surface area contributed by atoms with Crippen molar-refractivity contribution in [1.29, 1.82) is 0 Å². The molecule has 114 valence electrons. The van der Waals surface area contributed by atoms with Crippen LogP contribution in [0.5, 0.6) is 11.5 Å². The summed E-state index contributed by atoms with van der Waals surface area (Å²) in [5.74, 6) is 2.34. The molecule has 1 aromatic heterocycles. The van der Waals surface area contributed by atoms with Gasteiger partial charge in [-0.2, -0.15) is 0 Å². The highest BCUT2D eigenvalue weighted by Crippen LogP contribution is 2.44. The number of fused-ring (bicyclic) bond motifs is 1. The molecule has 1 unspecified atom stereocenters. The maximum absolute atomic E-state index is 6.37. The van der Waals surface area contributed by atoms with Gasteiger partial charge in [0.2, 0.25) is 0 Å². The maximum Gasteiger partial charge on any atom is 0.163 e. The Bertz CT molecular complexity index is 674. The number of hydrogen-bond donors (Lipinski definition) is 0. The van der Waals surface area contributed by atoms with Crippen molar-refractivity contribution < 1.29 is 9.47 Å². The summed E-state index contributed by atoms with van der Waals surface area (Å²) in [6, 6.07) is 3.93. The van der Waals surface area contributed by atoms with Crippen molar-refractivity contribution in [2.45, 2.75) is 44.0 Å². The second-order valence-corrected chi connectivity index (χ2v) is 6.62. The van der Waals surface area contributed by atoms with Crippen molar-refractivity contribution in [2.24, 2.45) is 0 Å². The van der Waals surface area contributed by atoms with Gasteiger partial charge in [0.15, 0.2) is 11.5 Å². The number of methoxy groups -OCH3 is 2. The molecule has 0 N–H and O–H groups in total. The number of hydrogen-bond acceptors (Lipinski definition) is 3. The van der Waals surface area contributed by atoms with Crippen LogP contribution in [0.15, 0.2) is 12.1 Å². The Hall–Kier alpha value is -1.42. The molecule has 0 spiro atoms. The molecule has 1 aliphatic rings. The van der Waals surface area contributed by atoms with Gasteiger partial charge in [0, 0.05) is 17.7 Å². The molecule has 21 heavy (non-hydrogen) atoms. The summed E-state index contributed by atoms with van der Waals surface area (Å²) in [5, 5.41) is -0.133. The SMILES string of the molecule is COc1cc2nc(C(C)Cl)n(C3(C)CCC3)c2cc1OC. The Balaban J connectivity index is 2.29. The highest BCUT2D eigenvalue weighted by atomic mass is 35.5. The van der Waals surface area contributed by atoms with Gasteiger partial charge in [0.25, 0.3) is 0 Å². The fraction of sp³-hybridized carbons (Fsp3) is 0.562. The number of alkyl halides is 1. The van der Waals surface area contributed by atoms with E-state index in [2.05, 4.69) is 11.5 Å². The predicted octanol–water partition coefficient (Wildman–Crippen LogP) is 4.25. The Labute approximate surface area is 130 Å². The number of rotatable bonds is 4. The van der Waals surface area contributed by atoms with E-state index in [4.69, 9.17) is 26.1 Å². The van der Waals surface area contributed by atoms with Gasteiger partial charge in [0.1, 0.15) is 5.82 Å². The molecule has 1 heterocycles. The van der Waals surface area contributed by atoms with Gasteiger partial charge < -0.3 is 14.0 Å². The van der Waals surface area contributed by atoms with Crippen LogP contribution in [0.2, 0.25) is 0 Å². The molecular formula is C16H21ClN2O2. The fourth-order valence-electron chi connectivity index (χ4n) is 3.17. The fourth-order valence-corrected chi connectivity index (χ4v) is 3.32. The van der Waals surface area contributed by atoms with Crippen LogP contribution in [0.4, 0.5) is 0 Å². The highest BCUT2D eigenvalue weighted by molar-refractivity contribution is 6.20. The van der Waals surface area contributed by atoms with E-state index in [0.717, 1.165) is 35.4 Å². The second-order valence-electron chi connectivity index (χ2n) is 5.97. The highest BCUT2D eigenvalue weighted by Gasteiger charge is 2.37. The van der Waals surface area contributed by atoms with Gasteiger partial charge in [-0.05, 0) is 33.1 Å². The van der Waals surface area contributed by atoms with E-state index in [0.29, 0.717) is 5.75 Å². The third-order valence-corrected chi connectivity index (χ3v) is 4.71. The average molecular weight is 309 g/mol. The summed E-state index contributed by atoms with van der Waals surface area (Å²) in [5.41, 5.74) is 2.08. The molecule has 1 aromatic carbocycles. The lowest BCUT2D eigenvalue weighted by molar-refractivity contribution is 0.169. The summed E-state index contributed by atoms with van der Waals surface area (Å²) >= 11 is 6.37. The lowest BCUT2D eigenvalue weighted by atomic mass is 9.78. The number of nitrogens with zero attached hydrogens (tertiary/aromatic N) is 2. The zero-order valence-corrected chi connectivity index (χ0v) is 13.7. The first-order valence-corrected chi connectivity index (χ1v) is 7.73. The number of benzene rings is 1. The largest absolute Gasteiger partial charge is 0.493 e. The van der Waals surface area contributed by atoms with E-state index in [1.165, 1.54) is 6.42 Å². The summed E-state index contributed by atoms with van der Waals surface area (Å²) in [4.78, 5) is 4.74. The summed E-state index contributed by atoms with van der Waals surface area (Å²) in [7, 11) is 3.29. The predicted molar refractivity (Wildman–Crippen MR) is 84.6 cm³/mol. The third-order valence-electron chi connectivity index (χ3n) is 4.51. The van der Waals surface area contributed by atoms with Crippen LogP contribution in [0, 0.1) is 0 Å². The van der Waals surface area contributed by atoms with Crippen molar-refractivity contribution >= 4 is 22.6 Å². The monoisotopic (exact) mass is 308 g/mol. The third kappa shape index (κ3) is 2.16. The Morgan fingerprint density at radius 1 is 1.24 bits per heavy atom. The molecule has 4 nitrogen and oxygen atoms in total. The summed E-state index contributed by atoms with van der Waals surface area (Å²) in [6.45, 7) is 4.24. The first-order chi connectivity index (χ1) is 10.00. The van der Waals surface area contributed by atoms with E-state index < -0.39 is 0 Å². The molecule has 1 aliphatic carbocycles. The molecule has 3 rings (SSSR count). The maximum atomic E-state index is 6.37. The zero-order valence-electron chi connectivity index (χ0n) is 12.9. The Morgan fingerprint density at radius 3 is 2.33 bits per heavy atom. The standard InChI is InChI=1S/C16H21ClN2O2/c1-10(17)15-18-11-8-13(20-3)14(21-4)9-12(11)19(15)16(2)6-5-7-16/h8-10H,5-7H2,1-4H3. The molecule has 0 amide bonds. The van der Waals surface area contributed by atoms with Gasteiger partial charge in [-0.3, -0.25) is 0 Å². The van der Waals surface area contributed by atoms with Crippen LogP contribution < -0.4 is 9.47 Å². The van der Waals surface area contributed by atoms with E-state index in [1.54, 1.807) is 14.2 Å². The molecule has 1 fully saturated rings. The second kappa shape index (κ2) is 5.09. The summed E-state index contributed by atoms with van der Waals surface area (Å²) < 4.78 is 13.1. The van der Waals surface area contributed by atoms with Crippen molar-refractivity contribution in [3.8, 4) is 11.5 Å². The smallest absolute Gasteiger partial charge is 0.163 e. The molecule has 0 radical (unpaired) electrons. The Kier molecular flexibility index (Phi) is 3.52. The minimum Gasteiger partial charge on any atom is -0.493 e. The first-order valence-electron chi connectivity index (χ1n) is 7.29. The minimum absolute atomic E-state index is 0.104. The van der Waals surface area contributed by atoms with Gasteiger partial charge in [0.05, 0.1) is 30.6 Å². The molecule has 1 atom stereocenters. The lowest BCUT2D eigenvalue weighted by Crippen LogP contribution is -2.38. The molecule has 2 aromatic rings. The van der Waals surface area contributed by atoms with Gasteiger partial charge in [-0.25, -0.2) is 4.98 Å². The van der Waals surface area contributed by atoms with E-state index in [1.807, 2.05) is 19.1 Å². The normalized spacial score (nSPS) is 18.3. The minimum atomic E-state index is -0.133. The number of halogens is 1. The quantitative estimate of drug-likeness (QED) is 0.792. The number of aromatic nitrogens is 2. The molecule has 5 heteroatoms. The lowest BCUT2D eigenvalue weighted by Gasteiger charge is -2.41. The number of imidazole rings is 1. The van der Waals surface area contributed by atoms with Crippen LogP contribution in [0.3, 0.4) is 0 Å². The van der Waals surface area contributed by atoms with Crippen LogP contribution in [-0.4, -0.2) is 23.8 Å². The van der Waals surface area contributed by atoms with Crippen molar-refractivity contribution in [2.75, 3.05) is 14.2 Å². The molecule has 0 saturated heterocycles. The molecule has 1 saturated carbocycles. The van der Waals surface area contributed by atoms with Gasteiger partial charge in [-0.15, -0.1) is 11.6 Å². The van der Waals surface area contributed by atoms with E-state index in [9.17, 15) is 0 Å². The topological polar surface area (TPSA) is 36.3 Å². The van der Waals surface area contributed by atoms with Crippen LogP contribution in [0.1, 0.15) is 44.3 Å². The average Bonchev–Trinajstić information content (AvgIpc) is 2.81. The zero-order chi connectivity index (χ0) is 15.2. The molecular weight excluding hydrogens is 288 g/mol. The van der Waals surface area contributed by atoms with Crippen molar-refractivity contribution in [3.05, 3.63) is 18.0 Å². The first kappa shape index (κ1) is 14.5.